The van der Waals surface area contributed by atoms with Gasteiger partial charge in [0.15, 0.2) is 0 Å². The van der Waals surface area contributed by atoms with Gasteiger partial charge in [-0.1, -0.05) is 41.7 Å². The summed E-state index contributed by atoms with van der Waals surface area (Å²) >= 11 is 18.3. The number of piperidine rings is 1. The molecule has 0 aliphatic carbocycles. The second-order valence-electron chi connectivity index (χ2n) is 6.76. The second kappa shape index (κ2) is 9.16. The maximum absolute atomic E-state index is 12.3. The van der Waals surface area contributed by atoms with Crippen LogP contribution >= 0.6 is 34.8 Å². The molecule has 3 rings (SSSR count). The van der Waals surface area contributed by atoms with Crippen LogP contribution in [-0.4, -0.2) is 34.8 Å². The normalized spacial score (nSPS) is 16.9. The number of anilines is 1. The van der Waals surface area contributed by atoms with E-state index in [1.165, 1.54) is 6.20 Å². The van der Waals surface area contributed by atoms with E-state index in [0.29, 0.717) is 23.7 Å². The van der Waals surface area contributed by atoms with Gasteiger partial charge in [0.2, 0.25) is 5.91 Å². The van der Waals surface area contributed by atoms with E-state index in [4.69, 9.17) is 34.8 Å². The lowest BCUT2D eigenvalue weighted by molar-refractivity contribution is -0.121. The first-order chi connectivity index (χ1) is 13.4. The molecule has 2 aromatic rings. The number of nitrogens with one attached hydrogen (secondary N) is 1. The molecule has 0 spiro atoms. The number of rotatable bonds is 5. The average molecular weight is 444 g/mol. The minimum Gasteiger partial charge on any atom is -0.368 e. The Kier molecular flexibility index (Phi) is 6.86. The number of hydrogen-bond acceptors (Lipinski definition) is 4. The fourth-order valence-electron chi connectivity index (χ4n) is 3.32. The third-order valence-electron chi connectivity index (χ3n) is 4.66. The van der Waals surface area contributed by atoms with Crippen LogP contribution in [0.2, 0.25) is 15.1 Å². The minimum atomic E-state index is -0.505. The van der Waals surface area contributed by atoms with Crippen LogP contribution in [0.5, 0.6) is 0 Å². The molecule has 1 fully saturated rings. The summed E-state index contributed by atoms with van der Waals surface area (Å²) in [6.45, 7) is 3.53. The van der Waals surface area contributed by atoms with Crippen LogP contribution in [-0.2, 0) is 4.79 Å². The van der Waals surface area contributed by atoms with Gasteiger partial charge >= 0.3 is 0 Å². The van der Waals surface area contributed by atoms with E-state index in [-0.39, 0.29) is 22.0 Å². The van der Waals surface area contributed by atoms with Gasteiger partial charge in [-0.3, -0.25) is 9.59 Å². The fourth-order valence-corrected chi connectivity index (χ4v) is 3.87. The summed E-state index contributed by atoms with van der Waals surface area (Å²) in [4.78, 5) is 26.3. The topological polar surface area (TPSA) is 67.2 Å². The lowest BCUT2D eigenvalue weighted by atomic mass is 10.0. The van der Waals surface area contributed by atoms with Gasteiger partial charge in [-0.2, -0.15) is 9.78 Å². The molecule has 1 saturated heterocycles. The van der Waals surface area contributed by atoms with E-state index in [0.717, 1.165) is 36.2 Å². The molecule has 1 unspecified atom stereocenters. The van der Waals surface area contributed by atoms with E-state index in [1.807, 2.05) is 13.0 Å². The molecular weight excluding hydrogens is 423 g/mol. The Labute approximate surface area is 178 Å². The largest absolute Gasteiger partial charge is 0.368 e. The third-order valence-corrected chi connectivity index (χ3v) is 5.71. The summed E-state index contributed by atoms with van der Waals surface area (Å²) in [6, 6.07) is 5.39. The average Bonchev–Trinajstić information content (AvgIpc) is 2.66. The van der Waals surface area contributed by atoms with Crippen LogP contribution in [0.4, 0.5) is 5.69 Å². The van der Waals surface area contributed by atoms with Crippen molar-refractivity contribution < 1.29 is 4.79 Å². The van der Waals surface area contributed by atoms with E-state index in [9.17, 15) is 9.59 Å². The second-order valence-corrected chi connectivity index (χ2v) is 7.95. The maximum Gasteiger partial charge on any atom is 0.291 e. The van der Waals surface area contributed by atoms with Gasteiger partial charge < -0.3 is 10.2 Å². The predicted octanol–water partition coefficient (Wildman–Crippen LogP) is 4.08. The van der Waals surface area contributed by atoms with Crippen molar-refractivity contribution in [1.82, 2.24) is 15.1 Å². The molecule has 28 heavy (non-hydrogen) atoms. The van der Waals surface area contributed by atoms with Crippen LogP contribution in [0, 0.1) is 0 Å². The van der Waals surface area contributed by atoms with Crippen LogP contribution in [0.1, 0.15) is 32.6 Å². The Morgan fingerprint density at radius 3 is 2.79 bits per heavy atom. The van der Waals surface area contributed by atoms with Gasteiger partial charge in [0.05, 0.1) is 27.6 Å². The maximum atomic E-state index is 12.3. The molecule has 150 valence electrons. The van der Waals surface area contributed by atoms with E-state index in [1.54, 1.807) is 12.1 Å². The van der Waals surface area contributed by atoms with Crippen LogP contribution in [0.15, 0.2) is 29.2 Å². The standard InChI is InChI=1S/C19H21Cl3N4O2/c1-2-4-17(27)24-12-5-3-8-25(11-12)16-7-6-13(9-14(16)20)26-19(28)18(22)15(21)10-23-26/h6-7,9-10,12H,2-5,8,11H2,1H3,(H,24,27). The monoisotopic (exact) mass is 442 g/mol. The first-order valence-electron chi connectivity index (χ1n) is 9.18. The van der Waals surface area contributed by atoms with Crippen LogP contribution in [0.3, 0.4) is 0 Å². The summed E-state index contributed by atoms with van der Waals surface area (Å²) in [5.74, 6) is 0.0841. The van der Waals surface area contributed by atoms with E-state index < -0.39 is 5.56 Å². The van der Waals surface area contributed by atoms with Gasteiger partial charge in [-0.25, -0.2) is 0 Å². The predicted molar refractivity (Wildman–Crippen MR) is 113 cm³/mol. The molecule has 6 nitrogen and oxygen atoms in total. The summed E-state index contributed by atoms with van der Waals surface area (Å²) in [5.41, 5.74) is 0.852. The van der Waals surface area contributed by atoms with Gasteiger partial charge in [-0.15, -0.1) is 0 Å². The van der Waals surface area contributed by atoms with Crippen molar-refractivity contribution in [3.63, 3.8) is 0 Å². The Bertz CT molecular complexity index is 932. The van der Waals surface area contributed by atoms with Crippen molar-refractivity contribution in [2.45, 2.75) is 38.6 Å². The first kappa shape index (κ1) is 21.0. The fraction of sp³-hybridized carbons (Fsp3) is 0.421. The number of carbonyl (C=O) groups is 1. The molecule has 1 N–H and O–H groups in total. The molecule has 1 atom stereocenters. The highest BCUT2D eigenvalue weighted by Gasteiger charge is 2.23. The highest BCUT2D eigenvalue weighted by Crippen LogP contribution is 2.30. The summed E-state index contributed by atoms with van der Waals surface area (Å²) in [6.07, 6.45) is 4.60. The van der Waals surface area contributed by atoms with Gasteiger partial charge in [0.25, 0.3) is 5.56 Å². The van der Waals surface area contributed by atoms with E-state index >= 15 is 0 Å². The molecule has 2 heterocycles. The molecular formula is C19H21Cl3N4O2. The zero-order valence-electron chi connectivity index (χ0n) is 15.4. The molecule has 9 heteroatoms. The van der Waals surface area contributed by atoms with Crippen molar-refractivity contribution in [1.29, 1.82) is 0 Å². The lowest BCUT2D eigenvalue weighted by Gasteiger charge is -2.35. The van der Waals surface area contributed by atoms with Gasteiger partial charge in [-0.05, 0) is 37.5 Å². The van der Waals surface area contributed by atoms with Crippen LogP contribution in [0.25, 0.3) is 5.69 Å². The molecule has 0 saturated carbocycles. The van der Waals surface area contributed by atoms with Crippen molar-refractivity contribution >= 4 is 46.4 Å². The smallest absolute Gasteiger partial charge is 0.291 e. The number of hydrogen-bond donors (Lipinski definition) is 1. The Balaban J connectivity index is 1.80. The SMILES string of the molecule is CCCC(=O)NC1CCCN(c2ccc(-n3ncc(Cl)c(Cl)c3=O)cc2Cl)C1. The quantitative estimate of drug-likeness (QED) is 0.756. The van der Waals surface area contributed by atoms with E-state index in [2.05, 4.69) is 15.3 Å². The molecule has 1 aromatic carbocycles. The van der Waals surface area contributed by atoms with Crippen molar-refractivity contribution in [2.75, 3.05) is 18.0 Å². The Hall–Kier alpha value is -1.76. The number of benzene rings is 1. The van der Waals surface area contributed by atoms with Crippen molar-refractivity contribution in [3.05, 3.63) is 49.8 Å². The van der Waals surface area contributed by atoms with Gasteiger partial charge in [0.1, 0.15) is 5.02 Å². The lowest BCUT2D eigenvalue weighted by Crippen LogP contribution is -2.47. The molecule has 0 bridgehead atoms. The molecule has 1 aliphatic rings. The van der Waals surface area contributed by atoms with Crippen molar-refractivity contribution in [2.24, 2.45) is 0 Å². The first-order valence-corrected chi connectivity index (χ1v) is 10.3. The number of halogens is 3. The van der Waals surface area contributed by atoms with Crippen molar-refractivity contribution in [3.8, 4) is 5.69 Å². The summed E-state index contributed by atoms with van der Waals surface area (Å²) in [7, 11) is 0. The van der Waals surface area contributed by atoms with Gasteiger partial charge in [0, 0.05) is 25.6 Å². The van der Waals surface area contributed by atoms with Crippen LogP contribution < -0.4 is 15.8 Å². The molecule has 1 aromatic heterocycles. The number of carbonyl (C=O) groups excluding carboxylic acids is 1. The number of amides is 1. The highest BCUT2D eigenvalue weighted by atomic mass is 35.5. The summed E-state index contributed by atoms with van der Waals surface area (Å²) in [5, 5.41) is 7.63. The molecule has 1 amide bonds. The zero-order chi connectivity index (χ0) is 20.3. The number of nitrogens with zero attached hydrogens (tertiary/aromatic N) is 3. The number of aromatic nitrogens is 2. The molecule has 1 aliphatic heterocycles. The molecule has 0 radical (unpaired) electrons. The Morgan fingerprint density at radius 1 is 1.29 bits per heavy atom. The summed E-state index contributed by atoms with van der Waals surface area (Å²) < 4.78 is 1.16. The Morgan fingerprint density at radius 2 is 2.07 bits per heavy atom. The highest BCUT2D eigenvalue weighted by molar-refractivity contribution is 6.41. The zero-order valence-corrected chi connectivity index (χ0v) is 17.7. The minimum absolute atomic E-state index is 0.0841. The third kappa shape index (κ3) is 4.62.